The number of fused-ring (bicyclic) bond motifs is 1. The first-order chi connectivity index (χ1) is 15.9. The van der Waals surface area contributed by atoms with Crippen LogP contribution in [0.1, 0.15) is 46.3 Å². The number of benzene rings is 2. The fraction of sp³-hybridized carbons (Fsp3) is 0.423. The van der Waals surface area contributed by atoms with Crippen molar-refractivity contribution in [3.05, 3.63) is 70.8 Å². The molecule has 1 atom stereocenters. The van der Waals surface area contributed by atoms with Crippen LogP contribution < -0.4 is 10.6 Å². The minimum atomic E-state index is -0.814. The van der Waals surface area contributed by atoms with Gasteiger partial charge in [-0.1, -0.05) is 42.5 Å². The number of carbonyl (C=O) groups is 3. The molecular formula is C26H30N4O3. The van der Waals surface area contributed by atoms with Crippen LogP contribution in [-0.4, -0.2) is 59.0 Å². The second-order valence-electron chi connectivity index (χ2n) is 9.51. The standard InChI is InChI=1S/C26H30N4O3/c1-18-6-2-5-9-22(18)23(31)27-21-11-14-29(15-12-21)17-30-24(32)26(28-25(30)33)13-10-19-7-3-4-8-20(19)16-26/h2-9,21H,10-17H2,1H3,(H,27,31)(H,28,33). The highest BCUT2D eigenvalue weighted by molar-refractivity contribution is 6.07. The molecule has 33 heavy (non-hydrogen) atoms. The van der Waals surface area contributed by atoms with Crippen molar-refractivity contribution in [3.63, 3.8) is 0 Å². The summed E-state index contributed by atoms with van der Waals surface area (Å²) in [5, 5.41) is 6.15. The van der Waals surface area contributed by atoms with Crippen molar-refractivity contribution in [2.45, 2.75) is 50.6 Å². The van der Waals surface area contributed by atoms with Crippen LogP contribution in [0.25, 0.3) is 0 Å². The number of imide groups is 1. The van der Waals surface area contributed by atoms with Gasteiger partial charge in [-0.3, -0.25) is 14.5 Å². The molecule has 2 heterocycles. The number of aryl methyl sites for hydroxylation is 2. The molecule has 0 bridgehead atoms. The Hall–Kier alpha value is -3.19. The van der Waals surface area contributed by atoms with Gasteiger partial charge in [0.2, 0.25) is 0 Å². The molecule has 0 radical (unpaired) electrons. The number of urea groups is 1. The van der Waals surface area contributed by atoms with Gasteiger partial charge in [0.25, 0.3) is 11.8 Å². The quantitative estimate of drug-likeness (QED) is 0.708. The van der Waals surface area contributed by atoms with E-state index in [4.69, 9.17) is 0 Å². The number of amides is 4. The van der Waals surface area contributed by atoms with E-state index in [0.29, 0.717) is 25.1 Å². The lowest BCUT2D eigenvalue weighted by Gasteiger charge is -2.35. The van der Waals surface area contributed by atoms with Gasteiger partial charge in [0.05, 0.1) is 6.67 Å². The lowest BCUT2D eigenvalue weighted by Crippen LogP contribution is -2.52. The van der Waals surface area contributed by atoms with Crippen molar-refractivity contribution in [3.8, 4) is 0 Å². The first-order valence-corrected chi connectivity index (χ1v) is 11.7. The predicted molar refractivity (Wildman–Crippen MR) is 125 cm³/mol. The molecule has 5 rings (SSSR count). The molecule has 2 saturated heterocycles. The Kier molecular flexibility index (Phi) is 5.66. The highest BCUT2D eigenvalue weighted by Crippen LogP contribution is 2.33. The second kappa shape index (κ2) is 8.63. The molecule has 1 spiro atoms. The highest BCUT2D eigenvalue weighted by Gasteiger charge is 2.52. The lowest BCUT2D eigenvalue weighted by molar-refractivity contribution is -0.133. The summed E-state index contributed by atoms with van der Waals surface area (Å²) in [6.07, 6.45) is 3.57. The Morgan fingerprint density at radius 3 is 2.52 bits per heavy atom. The molecule has 172 valence electrons. The van der Waals surface area contributed by atoms with E-state index >= 15 is 0 Å². The number of piperidine rings is 1. The van der Waals surface area contributed by atoms with Crippen molar-refractivity contribution < 1.29 is 14.4 Å². The monoisotopic (exact) mass is 446 g/mol. The number of carbonyl (C=O) groups excluding carboxylic acids is 3. The number of nitrogens with one attached hydrogen (secondary N) is 2. The molecule has 1 unspecified atom stereocenters. The van der Waals surface area contributed by atoms with E-state index in [1.807, 2.05) is 49.4 Å². The van der Waals surface area contributed by atoms with E-state index in [-0.39, 0.29) is 23.9 Å². The van der Waals surface area contributed by atoms with Crippen LogP contribution in [0.15, 0.2) is 48.5 Å². The van der Waals surface area contributed by atoms with Crippen LogP contribution in [0.3, 0.4) is 0 Å². The smallest absolute Gasteiger partial charge is 0.326 e. The zero-order chi connectivity index (χ0) is 23.0. The molecule has 2 aliphatic heterocycles. The molecule has 2 N–H and O–H groups in total. The molecule has 0 aromatic heterocycles. The van der Waals surface area contributed by atoms with Crippen LogP contribution in [0.5, 0.6) is 0 Å². The summed E-state index contributed by atoms with van der Waals surface area (Å²) >= 11 is 0. The van der Waals surface area contributed by atoms with Gasteiger partial charge in [-0.2, -0.15) is 0 Å². The number of hydrogen-bond acceptors (Lipinski definition) is 4. The van der Waals surface area contributed by atoms with E-state index in [9.17, 15) is 14.4 Å². The van der Waals surface area contributed by atoms with Gasteiger partial charge in [-0.15, -0.1) is 0 Å². The minimum absolute atomic E-state index is 0.0415. The van der Waals surface area contributed by atoms with Crippen molar-refractivity contribution >= 4 is 17.8 Å². The number of hydrogen-bond donors (Lipinski definition) is 2. The highest BCUT2D eigenvalue weighted by atomic mass is 16.2. The fourth-order valence-corrected chi connectivity index (χ4v) is 5.34. The number of nitrogens with zero attached hydrogens (tertiary/aromatic N) is 2. The molecule has 4 amide bonds. The Balaban J connectivity index is 1.17. The van der Waals surface area contributed by atoms with E-state index in [1.54, 1.807) is 0 Å². The van der Waals surface area contributed by atoms with Gasteiger partial charge < -0.3 is 10.6 Å². The third-order valence-corrected chi connectivity index (χ3v) is 7.33. The molecule has 7 nitrogen and oxygen atoms in total. The number of rotatable bonds is 4. The Bertz CT molecular complexity index is 1090. The molecule has 3 aliphatic rings. The van der Waals surface area contributed by atoms with Gasteiger partial charge in [-0.25, -0.2) is 9.69 Å². The second-order valence-corrected chi connectivity index (χ2v) is 9.51. The number of likely N-dealkylation sites (tertiary alicyclic amines) is 1. The SMILES string of the molecule is Cc1ccccc1C(=O)NC1CCN(CN2C(=O)NC3(CCc4ccccc4C3)C2=O)CC1. The Labute approximate surface area is 194 Å². The first-order valence-electron chi connectivity index (χ1n) is 11.7. The summed E-state index contributed by atoms with van der Waals surface area (Å²) in [7, 11) is 0. The maximum Gasteiger partial charge on any atom is 0.326 e. The fourth-order valence-electron chi connectivity index (χ4n) is 5.34. The van der Waals surface area contributed by atoms with Crippen LogP contribution in [0.2, 0.25) is 0 Å². The van der Waals surface area contributed by atoms with Crippen molar-refractivity contribution in [1.82, 2.24) is 20.4 Å². The van der Waals surface area contributed by atoms with Crippen LogP contribution in [-0.2, 0) is 17.6 Å². The van der Waals surface area contributed by atoms with Gasteiger partial charge in [0, 0.05) is 31.1 Å². The van der Waals surface area contributed by atoms with E-state index in [0.717, 1.165) is 43.5 Å². The van der Waals surface area contributed by atoms with E-state index < -0.39 is 5.54 Å². The Morgan fingerprint density at radius 2 is 1.76 bits per heavy atom. The summed E-state index contributed by atoms with van der Waals surface area (Å²) < 4.78 is 0. The van der Waals surface area contributed by atoms with Crippen molar-refractivity contribution in [2.24, 2.45) is 0 Å². The summed E-state index contributed by atoms with van der Waals surface area (Å²) in [5.41, 5.74) is 3.26. The average Bonchev–Trinajstić information content (AvgIpc) is 3.04. The summed E-state index contributed by atoms with van der Waals surface area (Å²) in [5.74, 6) is -0.155. The summed E-state index contributed by atoms with van der Waals surface area (Å²) in [4.78, 5) is 42.2. The third-order valence-electron chi connectivity index (χ3n) is 7.33. The summed E-state index contributed by atoms with van der Waals surface area (Å²) in [6, 6.07) is 15.5. The van der Waals surface area contributed by atoms with Crippen LogP contribution in [0, 0.1) is 6.92 Å². The third kappa shape index (κ3) is 4.13. The normalized spacial score (nSPS) is 23.5. The van der Waals surface area contributed by atoms with Gasteiger partial charge in [-0.05, 0) is 55.4 Å². The van der Waals surface area contributed by atoms with Gasteiger partial charge >= 0.3 is 6.03 Å². The van der Waals surface area contributed by atoms with Gasteiger partial charge in [0.15, 0.2) is 0 Å². The van der Waals surface area contributed by atoms with Crippen molar-refractivity contribution in [1.29, 1.82) is 0 Å². The van der Waals surface area contributed by atoms with Crippen LogP contribution >= 0.6 is 0 Å². The molecule has 0 saturated carbocycles. The van der Waals surface area contributed by atoms with E-state index in [2.05, 4.69) is 21.6 Å². The van der Waals surface area contributed by atoms with Crippen LogP contribution in [0.4, 0.5) is 4.79 Å². The average molecular weight is 447 g/mol. The molecule has 2 aromatic rings. The topological polar surface area (TPSA) is 81.8 Å². The van der Waals surface area contributed by atoms with Gasteiger partial charge in [0.1, 0.15) is 5.54 Å². The lowest BCUT2D eigenvalue weighted by atomic mass is 9.78. The largest absolute Gasteiger partial charge is 0.349 e. The maximum atomic E-state index is 13.3. The predicted octanol–water partition coefficient (Wildman–Crippen LogP) is 2.63. The summed E-state index contributed by atoms with van der Waals surface area (Å²) in [6.45, 7) is 3.69. The zero-order valence-electron chi connectivity index (χ0n) is 19.0. The van der Waals surface area contributed by atoms with E-state index in [1.165, 1.54) is 10.5 Å². The molecule has 2 aromatic carbocycles. The first kappa shape index (κ1) is 21.6. The molecule has 7 heteroatoms. The minimum Gasteiger partial charge on any atom is -0.349 e. The molecular weight excluding hydrogens is 416 g/mol. The van der Waals surface area contributed by atoms with Crippen molar-refractivity contribution in [2.75, 3.05) is 19.8 Å². The zero-order valence-corrected chi connectivity index (χ0v) is 19.0. The Morgan fingerprint density at radius 1 is 1.06 bits per heavy atom. The molecule has 1 aliphatic carbocycles. The maximum absolute atomic E-state index is 13.3. The molecule has 2 fully saturated rings.